The Kier molecular flexibility index (Phi) is 11.6. The molecule has 13 heteroatoms. The molecule has 1 saturated heterocycles. The van der Waals surface area contributed by atoms with E-state index in [-0.39, 0.29) is 12.8 Å². The third kappa shape index (κ3) is 9.38. The Morgan fingerprint density at radius 1 is 1.02 bits per heavy atom. The van der Waals surface area contributed by atoms with Crippen molar-refractivity contribution in [2.45, 2.75) is 75.7 Å². The zero-order chi connectivity index (χ0) is 31.4. The van der Waals surface area contributed by atoms with Crippen molar-refractivity contribution in [1.29, 1.82) is 0 Å². The second-order valence-electron chi connectivity index (χ2n) is 11.8. The molecule has 3 heterocycles. The quantitative estimate of drug-likeness (QED) is 0.193. The number of rotatable bonds is 13. The third-order valence-electron chi connectivity index (χ3n) is 8.50. The molecule has 0 unspecified atom stereocenters. The summed E-state index contributed by atoms with van der Waals surface area (Å²) in [4.78, 5) is 56.6. The summed E-state index contributed by atoms with van der Waals surface area (Å²) in [5.41, 5.74) is 1.44. The molecular weight excluding hydrogens is 578 g/mol. The summed E-state index contributed by atoms with van der Waals surface area (Å²) in [5.74, 6) is -0.356. The highest BCUT2D eigenvalue weighted by Crippen LogP contribution is 2.30. The van der Waals surface area contributed by atoms with Gasteiger partial charge >= 0.3 is 6.09 Å². The van der Waals surface area contributed by atoms with Crippen LogP contribution in [0.2, 0.25) is 0 Å². The van der Waals surface area contributed by atoms with Crippen molar-refractivity contribution in [3.8, 4) is 0 Å². The van der Waals surface area contributed by atoms with E-state index in [1.165, 1.54) is 17.6 Å². The molecule has 0 radical (unpaired) electrons. The number of carbonyl (C=O) groups excluding carboxylic acids is 3. The predicted octanol–water partition coefficient (Wildman–Crippen LogP) is 2.43. The van der Waals surface area contributed by atoms with Crippen molar-refractivity contribution in [3.05, 3.63) is 72.3 Å². The van der Waals surface area contributed by atoms with Crippen LogP contribution in [0.4, 0.5) is 4.79 Å². The van der Waals surface area contributed by atoms with Crippen molar-refractivity contribution in [2.24, 2.45) is 5.92 Å². The van der Waals surface area contributed by atoms with Crippen LogP contribution in [0.25, 0.3) is 0 Å². The number of amides is 3. The van der Waals surface area contributed by atoms with E-state index in [1.807, 2.05) is 30.3 Å². The fraction of sp³-hybridized carbons (Fsp3) is 0.531. The number of benzene rings is 1. The first-order chi connectivity index (χ1) is 22.0. The van der Waals surface area contributed by atoms with Gasteiger partial charge in [0.1, 0.15) is 18.0 Å². The Morgan fingerprint density at radius 3 is 2.49 bits per heavy atom. The molecule has 13 nitrogen and oxygen atoms in total. The zero-order valence-electron chi connectivity index (χ0n) is 25.4. The van der Waals surface area contributed by atoms with Crippen LogP contribution in [-0.4, -0.2) is 92.3 Å². The number of carbonyl (C=O) groups is 3. The minimum atomic E-state index is -1.19. The maximum atomic E-state index is 13.9. The Labute approximate surface area is 262 Å². The Balaban J connectivity index is 1.34. The molecule has 45 heavy (non-hydrogen) atoms. The normalized spacial score (nSPS) is 18.4. The van der Waals surface area contributed by atoms with Crippen LogP contribution in [0.15, 0.2) is 55.2 Å². The molecule has 2 aromatic heterocycles. The van der Waals surface area contributed by atoms with E-state index < -0.39 is 42.2 Å². The highest BCUT2D eigenvalue weighted by atomic mass is 16.6. The van der Waals surface area contributed by atoms with Gasteiger partial charge in [0.05, 0.1) is 25.6 Å². The van der Waals surface area contributed by atoms with E-state index in [0.29, 0.717) is 50.2 Å². The van der Waals surface area contributed by atoms with Crippen LogP contribution in [0, 0.1) is 5.92 Å². The number of ether oxygens (including phenoxy) is 2. The van der Waals surface area contributed by atoms with Crippen molar-refractivity contribution in [2.75, 3.05) is 26.3 Å². The molecule has 2 fully saturated rings. The van der Waals surface area contributed by atoms with Crippen LogP contribution in [-0.2, 0) is 31.9 Å². The SMILES string of the molecule is O=C(N[C@@H](CC1CCCCC1)[C@@H](O)c1ncc[nH]1)[C@H](Cc1cnc[nH]1)NC(=O)[C@H](Cc1ccccc1)OC(=O)N1CCOCC1. The van der Waals surface area contributed by atoms with Gasteiger partial charge in [0.25, 0.3) is 5.91 Å². The summed E-state index contributed by atoms with van der Waals surface area (Å²) in [6, 6.07) is 7.58. The minimum Gasteiger partial charge on any atom is -0.436 e. The number of nitrogens with one attached hydrogen (secondary N) is 4. The molecule has 3 aromatic rings. The van der Waals surface area contributed by atoms with Crippen molar-refractivity contribution >= 4 is 17.9 Å². The van der Waals surface area contributed by atoms with E-state index in [4.69, 9.17) is 9.47 Å². The van der Waals surface area contributed by atoms with Crippen LogP contribution in [0.3, 0.4) is 0 Å². The molecule has 3 amide bonds. The van der Waals surface area contributed by atoms with Crippen LogP contribution >= 0.6 is 0 Å². The second kappa shape index (κ2) is 16.2. The minimum absolute atomic E-state index is 0.111. The standard InChI is InChI=1S/C32H43N7O6/c40-28(29-34-11-12-35-29)25(17-22-7-3-1-4-8-22)37-30(41)26(19-24-20-33-21-36-24)38-31(42)27(18-23-9-5-2-6-10-23)45-32(43)39-13-15-44-16-14-39/h2,5-6,9-12,20-22,25-28,40H,1,3-4,7-8,13-19H2,(H,33,36)(H,34,35)(H,37,41)(H,38,42)/t25-,26-,27-,28+/m0/s1. The molecule has 0 bridgehead atoms. The fourth-order valence-electron chi connectivity index (χ4n) is 6.01. The van der Waals surface area contributed by atoms with Gasteiger partial charge in [-0.05, 0) is 17.9 Å². The average molecular weight is 622 g/mol. The number of imidazole rings is 2. The number of aliphatic hydroxyl groups is 1. The van der Waals surface area contributed by atoms with E-state index in [1.54, 1.807) is 18.6 Å². The summed E-state index contributed by atoms with van der Waals surface area (Å²) >= 11 is 0. The highest BCUT2D eigenvalue weighted by molar-refractivity contribution is 5.90. The van der Waals surface area contributed by atoms with Gasteiger partial charge in [-0.3, -0.25) is 9.59 Å². The predicted molar refractivity (Wildman–Crippen MR) is 164 cm³/mol. The molecule has 2 aliphatic rings. The largest absolute Gasteiger partial charge is 0.436 e. The lowest BCUT2D eigenvalue weighted by Gasteiger charge is -2.31. The number of morpholine rings is 1. The lowest BCUT2D eigenvalue weighted by Crippen LogP contribution is -2.55. The van der Waals surface area contributed by atoms with Gasteiger partial charge in [-0.2, -0.15) is 0 Å². The monoisotopic (exact) mass is 621 g/mol. The first-order valence-corrected chi connectivity index (χ1v) is 15.8. The number of H-pyrrole nitrogens is 2. The topological polar surface area (TPSA) is 175 Å². The Morgan fingerprint density at radius 2 is 1.80 bits per heavy atom. The maximum Gasteiger partial charge on any atom is 0.410 e. The van der Waals surface area contributed by atoms with Gasteiger partial charge in [-0.25, -0.2) is 14.8 Å². The number of aromatic nitrogens is 4. The number of hydrogen-bond acceptors (Lipinski definition) is 8. The van der Waals surface area contributed by atoms with E-state index >= 15 is 0 Å². The lowest BCUT2D eigenvalue weighted by atomic mass is 9.83. The highest BCUT2D eigenvalue weighted by Gasteiger charge is 2.34. The van der Waals surface area contributed by atoms with Gasteiger partial charge in [0, 0.05) is 50.2 Å². The van der Waals surface area contributed by atoms with Gasteiger partial charge in [-0.15, -0.1) is 0 Å². The Hall–Kier alpha value is -4.23. The lowest BCUT2D eigenvalue weighted by molar-refractivity contribution is -0.135. The summed E-state index contributed by atoms with van der Waals surface area (Å²) in [6.07, 6.45) is 9.71. The molecule has 242 valence electrons. The second-order valence-corrected chi connectivity index (χ2v) is 11.8. The zero-order valence-corrected chi connectivity index (χ0v) is 25.4. The van der Waals surface area contributed by atoms with Crippen LogP contribution in [0.1, 0.15) is 61.7 Å². The summed E-state index contributed by atoms with van der Waals surface area (Å²) < 4.78 is 11.1. The maximum absolute atomic E-state index is 13.9. The molecule has 1 aromatic carbocycles. The van der Waals surface area contributed by atoms with Gasteiger partial charge in [0.2, 0.25) is 5.91 Å². The van der Waals surface area contributed by atoms with Crippen LogP contribution in [0.5, 0.6) is 0 Å². The first-order valence-electron chi connectivity index (χ1n) is 15.8. The fourth-order valence-corrected chi connectivity index (χ4v) is 6.01. The van der Waals surface area contributed by atoms with Gasteiger partial charge in [-0.1, -0.05) is 62.4 Å². The number of aromatic amines is 2. The molecular formula is C32H43N7O6. The van der Waals surface area contributed by atoms with E-state index in [0.717, 1.165) is 31.2 Å². The molecule has 1 aliphatic carbocycles. The van der Waals surface area contributed by atoms with Crippen LogP contribution < -0.4 is 10.6 Å². The summed E-state index contributed by atoms with van der Waals surface area (Å²) in [7, 11) is 0. The first kappa shape index (κ1) is 32.2. The molecule has 0 spiro atoms. The molecule has 1 aliphatic heterocycles. The number of hydrogen-bond donors (Lipinski definition) is 5. The summed E-state index contributed by atoms with van der Waals surface area (Å²) in [5, 5.41) is 17.1. The van der Waals surface area contributed by atoms with Crippen molar-refractivity contribution in [1.82, 2.24) is 35.5 Å². The van der Waals surface area contributed by atoms with Crippen molar-refractivity contribution < 1.29 is 29.0 Å². The van der Waals surface area contributed by atoms with Crippen molar-refractivity contribution in [3.63, 3.8) is 0 Å². The van der Waals surface area contributed by atoms with Gasteiger partial charge < -0.3 is 40.1 Å². The smallest absolute Gasteiger partial charge is 0.410 e. The van der Waals surface area contributed by atoms with E-state index in [2.05, 4.69) is 30.6 Å². The molecule has 4 atom stereocenters. The third-order valence-corrected chi connectivity index (χ3v) is 8.50. The molecule has 1 saturated carbocycles. The average Bonchev–Trinajstić information content (AvgIpc) is 3.80. The molecule has 5 rings (SSSR count). The Bertz CT molecular complexity index is 1330. The number of nitrogens with zero attached hydrogens (tertiary/aromatic N) is 3. The summed E-state index contributed by atoms with van der Waals surface area (Å²) in [6.45, 7) is 1.51. The molecule has 5 N–H and O–H groups in total. The van der Waals surface area contributed by atoms with E-state index in [9.17, 15) is 19.5 Å². The number of aliphatic hydroxyl groups excluding tert-OH is 1. The van der Waals surface area contributed by atoms with Gasteiger partial charge in [0.15, 0.2) is 6.10 Å².